The molecule has 23 heavy (non-hydrogen) atoms. The van der Waals surface area contributed by atoms with Gasteiger partial charge in [-0.1, -0.05) is 6.07 Å². The van der Waals surface area contributed by atoms with Crippen LogP contribution in [0.1, 0.15) is 32.1 Å². The lowest BCUT2D eigenvalue weighted by molar-refractivity contribution is -0.132. The van der Waals surface area contributed by atoms with Crippen LogP contribution in [0.4, 0.5) is 0 Å². The summed E-state index contributed by atoms with van der Waals surface area (Å²) in [5.41, 5.74) is 0. The van der Waals surface area contributed by atoms with Crippen LogP contribution >= 0.6 is 11.3 Å². The third-order valence-electron chi connectivity index (χ3n) is 4.51. The van der Waals surface area contributed by atoms with Gasteiger partial charge in [0.1, 0.15) is 4.21 Å². The zero-order chi connectivity index (χ0) is 16.3. The molecule has 0 radical (unpaired) electrons. The van der Waals surface area contributed by atoms with E-state index >= 15 is 0 Å². The summed E-state index contributed by atoms with van der Waals surface area (Å²) in [4.78, 5) is 14.2. The van der Waals surface area contributed by atoms with Gasteiger partial charge in [-0.15, -0.1) is 11.3 Å². The first-order valence-corrected chi connectivity index (χ1v) is 10.5. The molecule has 6 nitrogen and oxygen atoms in total. The quantitative estimate of drug-likeness (QED) is 0.829. The molecule has 2 aliphatic heterocycles. The molecule has 1 amide bonds. The maximum Gasteiger partial charge on any atom is 0.250 e. The van der Waals surface area contributed by atoms with Crippen LogP contribution in [0.5, 0.6) is 0 Å². The van der Waals surface area contributed by atoms with Gasteiger partial charge in [-0.3, -0.25) is 4.79 Å². The molecule has 3 heterocycles. The number of hydrogen-bond donors (Lipinski definition) is 2. The second kappa shape index (κ2) is 7.29. The van der Waals surface area contributed by atoms with Gasteiger partial charge in [0.2, 0.25) is 15.9 Å². The summed E-state index contributed by atoms with van der Waals surface area (Å²) in [6.07, 6.45) is 4.13. The molecule has 2 saturated heterocycles. The summed E-state index contributed by atoms with van der Waals surface area (Å²) in [6.45, 7) is 2.26. The number of piperidine rings is 1. The molecule has 1 unspecified atom stereocenters. The zero-order valence-corrected chi connectivity index (χ0v) is 14.7. The summed E-state index contributed by atoms with van der Waals surface area (Å²) >= 11 is 1.22. The van der Waals surface area contributed by atoms with Crippen molar-refractivity contribution in [2.75, 3.05) is 19.6 Å². The molecule has 1 atom stereocenters. The smallest absolute Gasteiger partial charge is 0.250 e. The van der Waals surface area contributed by atoms with Crippen LogP contribution in [0, 0.1) is 0 Å². The summed E-state index contributed by atoms with van der Waals surface area (Å²) < 4.78 is 27.5. The molecule has 2 aliphatic rings. The standard InChI is InChI=1S/C15H23N3O3S2/c19-14(11-13-3-1-7-16-13)18-8-5-12(6-9-18)17-23(20,21)15-4-2-10-22-15/h2,4,10,12-13,16-17H,1,3,5-9,11H2. The van der Waals surface area contributed by atoms with E-state index in [0.29, 0.717) is 42.6 Å². The first-order valence-electron chi connectivity index (χ1n) is 8.11. The van der Waals surface area contributed by atoms with Crippen LogP contribution in [0.25, 0.3) is 0 Å². The molecule has 0 aliphatic carbocycles. The predicted octanol–water partition coefficient (Wildman–Crippen LogP) is 1.16. The maximum absolute atomic E-state index is 12.3. The molecule has 3 rings (SSSR count). The van der Waals surface area contributed by atoms with Gasteiger partial charge in [-0.05, 0) is 43.7 Å². The Hall–Kier alpha value is -0.960. The molecule has 2 fully saturated rings. The topological polar surface area (TPSA) is 78.5 Å². The Morgan fingerprint density at radius 1 is 1.35 bits per heavy atom. The summed E-state index contributed by atoms with van der Waals surface area (Å²) in [7, 11) is -3.42. The number of sulfonamides is 1. The molecule has 0 saturated carbocycles. The maximum atomic E-state index is 12.3. The molecule has 1 aromatic heterocycles. The van der Waals surface area contributed by atoms with Crippen molar-refractivity contribution in [2.24, 2.45) is 0 Å². The third-order valence-corrected chi connectivity index (χ3v) is 7.43. The fraction of sp³-hybridized carbons (Fsp3) is 0.667. The van der Waals surface area contributed by atoms with Crippen molar-refractivity contribution < 1.29 is 13.2 Å². The first kappa shape index (κ1) is 16.9. The van der Waals surface area contributed by atoms with Crippen LogP contribution in [0.2, 0.25) is 0 Å². The molecule has 8 heteroatoms. The molecule has 0 bridgehead atoms. The molecular formula is C15H23N3O3S2. The number of hydrogen-bond acceptors (Lipinski definition) is 5. The molecule has 0 spiro atoms. The Morgan fingerprint density at radius 2 is 2.13 bits per heavy atom. The van der Waals surface area contributed by atoms with Gasteiger partial charge in [0.15, 0.2) is 0 Å². The highest BCUT2D eigenvalue weighted by Crippen LogP contribution is 2.19. The summed E-state index contributed by atoms with van der Waals surface area (Å²) in [5, 5.41) is 5.10. The van der Waals surface area contributed by atoms with Gasteiger partial charge < -0.3 is 10.2 Å². The minimum atomic E-state index is -3.42. The minimum Gasteiger partial charge on any atom is -0.343 e. The van der Waals surface area contributed by atoms with E-state index in [1.807, 2.05) is 4.90 Å². The van der Waals surface area contributed by atoms with Crippen molar-refractivity contribution in [3.05, 3.63) is 17.5 Å². The highest BCUT2D eigenvalue weighted by atomic mass is 32.2. The van der Waals surface area contributed by atoms with Gasteiger partial charge in [0.25, 0.3) is 0 Å². The van der Waals surface area contributed by atoms with Gasteiger partial charge in [0.05, 0.1) is 0 Å². The average molecular weight is 358 g/mol. The van der Waals surface area contributed by atoms with Crippen LogP contribution in [0.3, 0.4) is 0 Å². The van der Waals surface area contributed by atoms with E-state index in [-0.39, 0.29) is 11.9 Å². The highest BCUT2D eigenvalue weighted by Gasteiger charge is 2.28. The summed E-state index contributed by atoms with van der Waals surface area (Å²) in [6, 6.07) is 3.57. The van der Waals surface area contributed by atoms with Gasteiger partial charge in [0, 0.05) is 31.6 Å². The van der Waals surface area contributed by atoms with Gasteiger partial charge >= 0.3 is 0 Å². The fourth-order valence-corrected chi connectivity index (χ4v) is 5.53. The van der Waals surface area contributed by atoms with E-state index < -0.39 is 10.0 Å². The first-order chi connectivity index (χ1) is 11.0. The predicted molar refractivity (Wildman–Crippen MR) is 89.9 cm³/mol. The molecule has 2 N–H and O–H groups in total. The average Bonchev–Trinajstić information content (AvgIpc) is 3.21. The van der Waals surface area contributed by atoms with Crippen molar-refractivity contribution in [3.63, 3.8) is 0 Å². The van der Waals surface area contributed by atoms with E-state index in [1.54, 1.807) is 17.5 Å². The molecule has 0 aromatic carbocycles. The van der Waals surface area contributed by atoms with Gasteiger partial charge in [-0.25, -0.2) is 13.1 Å². The summed E-state index contributed by atoms with van der Waals surface area (Å²) in [5.74, 6) is 0.184. The molecule has 128 valence electrons. The largest absolute Gasteiger partial charge is 0.343 e. The highest BCUT2D eigenvalue weighted by molar-refractivity contribution is 7.91. The Labute approximate surface area is 141 Å². The molecule has 1 aromatic rings. The number of nitrogens with zero attached hydrogens (tertiary/aromatic N) is 1. The minimum absolute atomic E-state index is 0.0873. The monoisotopic (exact) mass is 357 g/mol. The van der Waals surface area contributed by atoms with Gasteiger partial charge in [-0.2, -0.15) is 0 Å². The van der Waals surface area contributed by atoms with Crippen LogP contribution in [-0.2, 0) is 14.8 Å². The Morgan fingerprint density at radius 3 is 2.74 bits per heavy atom. The Bertz CT molecular complexity index is 616. The van der Waals surface area contributed by atoms with Crippen molar-refractivity contribution in [1.29, 1.82) is 0 Å². The van der Waals surface area contributed by atoms with Crippen molar-refractivity contribution in [3.8, 4) is 0 Å². The van der Waals surface area contributed by atoms with Crippen LogP contribution in [-0.4, -0.2) is 50.9 Å². The zero-order valence-electron chi connectivity index (χ0n) is 13.0. The van der Waals surface area contributed by atoms with Crippen LogP contribution in [0.15, 0.2) is 21.7 Å². The lowest BCUT2D eigenvalue weighted by Crippen LogP contribution is -2.47. The van der Waals surface area contributed by atoms with E-state index in [9.17, 15) is 13.2 Å². The number of carbonyl (C=O) groups excluding carboxylic acids is 1. The fourth-order valence-electron chi connectivity index (χ4n) is 3.21. The number of rotatable bonds is 5. The lowest BCUT2D eigenvalue weighted by atomic mass is 10.0. The number of likely N-dealkylation sites (tertiary alicyclic amines) is 1. The SMILES string of the molecule is O=C(CC1CCCN1)N1CCC(NS(=O)(=O)c2cccs2)CC1. The second-order valence-electron chi connectivity index (χ2n) is 6.21. The number of amides is 1. The number of thiophene rings is 1. The Kier molecular flexibility index (Phi) is 5.35. The normalized spacial score (nSPS) is 23.3. The number of carbonyl (C=O) groups is 1. The van der Waals surface area contributed by atoms with E-state index in [4.69, 9.17) is 0 Å². The Balaban J connectivity index is 1.47. The van der Waals surface area contributed by atoms with E-state index in [2.05, 4.69) is 10.0 Å². The van der Waals surface area contributed by atoms with E-state index in [1.165, 1.54) is 11.3 Å². The van der Waals surface area contributed by atoms with Crippen LogP contribution < -0.4 is 10.0 Å². The lowest BCUT2D eigenvalue weighted by Gasteiger charge is -2.32. The van der Waals surface area contributed by atoms with Crippen molar-refractivity contribution >= 4 is 27.3 Å². The van der Waals surface area contributed by atoms with Crippen molar-refractivity contribution in [1.82, 2.24) is 14.9 Å². The van der Waals surface area contributed by atoms with Crippen molar-refractivity contribution in [2.45, 2.75) is 48.4 Å². The number of nitrogens with one attached hydrogen (secondary N) is 2. The third kappa shape index (κ3) is 4.32. The molecular weight excluding hydrogens is 334 g/mol. The second-order valence-corrected chi connectivity index (χ2v) is 9.09. The van der Waals surface area contributed by atoms with E-state index in [0.717, 1.165) is 19.4 Å².